The fraction of sp³-hybridized carbons (Fsp3) is 0.588. The summed E-state index contributed by atoms with van der Waals surface area (Å²) in [6.45, 7) is 2.86. The molecule has 2 heterocycles. The molecule has 0 unspecified atom stereocenters. The van der Waals surface area contributed by atoms with Gasteiger partial charge < -0.3 is 4.90 Å². The SMILES string of the molecule is O=C(c1ccc(I)cc1)N1CCN(S(=O)(=O)N2CCCCCC2)CC1. The van der Waals surface area contributed by atoms with E-state index in [9.17, 15) is 13.2 Å². The predicted molar refractivity (Wildman–Crippen MR) is 106 cm³/mol. The van der Waals surface area contributed by atoms with Crippen molar-refractivity contribution >= 4 is 38.7 Å². The van der Waals surface area contributed by atoms with Crippen molar-refractivity contribution in [2.24, 2.45) is 0 Å². The van der Waals surface area contributed by atoms with Crippen molar-refractivity contribution in [3.63, 3.8) is 0 Å². The highest BCUT2D eigenvalue weighted by atomic mass is 127. The molecule has 1 aromatic carbocycles. The third-order valence-corrected chi connectivity index (χ3v) is 7.59. The summed E-state index contributed by atoms with van der Waals surface area (Å²) in [5.74, 6) is -0.0248. The number of hydrogen-bond acceptors (Lipinski definition) is 3. The normalized spacial score (nSPS) is 21.1. The second-order valence-corrected chi connectivity index (χ2v) is 9.69. The molecular formula is C17H24IN3O3S. The molecule has 2 aliphatic rings. The molecule has 3 rings (SSSR count). The smallest absolute Gasteiger partial charge is 0.282 e. The Kier molecular flexibility index (Phi) is 6.35. The topological polar surface area (TPSA) is 60.9 Å². The first-order valence-corrected chi connectivity index (χ1v) is 11.3. The standard InChI is InChI=1S/C17H24IN3O3S/c18-16-7-5-15(6-8-16)17(22)19-11-13-21(14-12-19)25(23,24)20-9-3-1-2-4-10-20/h5-8H,1-4,9-14H2. The molecule has 2 saturated heterocycles. The van der Waals surface area contributed by atoms with Crippen LogP contribution in [-0.4, -0.2) is 67.1 Å². The third kappa shape index (κ3) is 4.53. The Morgan fingerprint density at radius 3 is 1.88 bits per heavy atom. The lowest BCUT2D eigenvalue weighted by Gasteiger charge is -2.36. The Morgan fingerprint density at radius 1 is 0.800 bits per heavy atom. The lowest BCUT2D eigenvalue weighted by Crippen LogP contribution is -2.54. The van der Waals surface area contributed by atoms with E-state index in [1.54, 1.807) is 9.21 Å². The van der Waals surface area contributed by atoms with Gasteiger partial charge in [-0.05, 0) is 59.7 Å². The summed E-state index contributed by atoms with van der Waals surface area (Å²) < 4.78 is 29.9. The first kappa shape index (κ1) is 19.1. The van der Waals surface area contributed by atoms with E-state index in [4.69, 9.17) is 0 Å². The summed E-state index contributed by atoms with van der Waals surface area (Å²) in [4.78, 5) is 14.3. The van der Waals surface area contributed by atoms with E-state index >= 15 is 0 Å². The van der Waals surface area contributed by atoms with Crippen molar-refractivity contribution in [1.29, 1.82) is 0 Å². The molecule has 6 nitrogen and oxygen atoms in total. The summed E-state index contributed by atoms with van der Waals surface area (Å²) in [6.07, 6.45) is 4.07. The molecule has 25 heavy (non-hydrogen) atoms. The first-order valence-electron chi connectivity index (χ1n) is 8.78. The van der Waals surface area contributed by atoms with Crippen LogP contribution in [0.2, 0.25) is 0 Å². The molecule has 0 bridgehead atoms. The van der Waals surface area contributed by atoms with Gasteiger partial charge in [-0.15, -0.1) is 0 Å². The highest BCUT2D eigenvalue weighted by molar-refractivity contribution is 14.1. The molecule has 1 amide bonds. The van der Waals surface area contributed by atoms with Gasteiger partial charge in [0.1, 0.15) is 0 Å². The van der Waals surface area contributed by atoms with Gasteiger partial charge in [-0.3, -0.25) is 4.79 Å². The number of amides is 1. The molecule has 0 spiro atoms. The molecule has 0 N–H and O–H groups in total. The number of halogens is 1. The summed E-state index contributed by atoms with van der Waals surface area (Å²) >= 11 is 2.21. The van der Waals surface area contributed by atoms with E-state index in [1.165, 1.54) is 4.31 Å². The number of hydrogen-bond donors (Lipinski definition) is 0. The van der Waals surface area contributed by atoms with E-state index in [0.29, 0.717) is 44.8 Å². The Bertz CT molecular complexity index is 692. The van der Waals surface area contributed by atoms with Crippen LogP contribution in [-0.2, 0) is 10.2 Å². The maximum atomic E-state index is 12.8. The quantitative estimate of drug-likeness (QED) is 0.628. The number of nitrogens with zero attached hydrogens (tertiary/aromatic N) is 3. The first-order chi connectivity index (χ1) is 12.0. The van der Waals surface area contributed by atoms with Crippen molar-refractivity contribution in [3.05, 3.63) is 33.4 Å². The van der Waals surface area contributed by atoms with Crippen LogP contribution in [0.3, 0.4) is 0 Å². The van der Waals surface area contributed by atoms with Crippen LogP contribution >= 0.6 is 22.6 Å². The molecule has 1 aromatic rings. The molecule has 0 aliphatic carbocycles. The van der Waals surface area contributed by atoms with Gasteiger partial charge in [0, 0.05) is 48.4 Å². The Labute approximate surface area is 163 Å². The Morgan fingerprint density at radius 2 is 1.32 bits per heavy atom. The summed E-state index contributed by atoms with van der Waals surface area (Å²) in [7, 11) is -3.40. The lowest BCUT2D eigenvalue weighted by atomic mass is 10.2. The molecule has 0 radical (unpaired) electrons. The van der Waals surface area contributed by atoms with Crippen LogP contribution in [0.4, 0.5) is 0 Å². The summed E-state index contributed by atoms with van der Waals surface area (Å²) in [5.41, 5.74) is 0.657. The van der Waals surface area contributed by atoms with Crippen LogP contribution < -0.4 is 0 Å². The van der Waals surface area contributed by atoms with Gasteiger partial charge in [-0.1, -0.05) is 12.8 Å². The van der Waals surface area contributed by atoms with E-state index in [1.807, 2.05) is 24.3 Å². The maximum Gasteiger partial charge on any atom is 0.282 e. The molecule has 0 atom stereocenters. The van der Waals surface area contributed by atoms with Gasteiger partial charge in [0.25, 0.3) is 16.1 Å². The van der Waals surface area contributed by atoms with E-state index in [2.05, 4.69) is 22.6 Å². The van der Waals surface area contributed by atoms with Gasteiger partial charge in [-0.2, -0.15) is 17.0 Å². The summed E-state index contributed by atoms with van der Waals surface area (Å²) in [6, 6.07) is 7.47. The van der Waals surface area contributed by atoms with Crippen LogP contribution in [0.5, 0.6) is 0 Å². The van der Waals surface area contributed by atoms with Crippen molar-refractivity contribution in [2.45, 2.75) is 25.7 Å². The molecule has 138 valence electrons. The van der Waals surface area contributed by atoms with Gasteiger partial charge in [0.05, 0.1) is 0 Å². The minimum Gasteiger partial charge on any atom is -0.336 e. The second kappa shape index (κ2) is 8.32. The maximum absolute atomic E-state index is 12.8. The molecule has 8 heteroatoms. The highest BCUT2D eigenvalue weighted by Gasteiger charge is 2.33. The van der Waals surface area contributed by atoms with Crippen molar-refractivity contribution in [2.75, 3.05) is 39.3 Å². The average molecular weight is 477 g/mol. The largest absolute Gasteiger partial charge is 0.336 e. The number of carbonyl (C=O) groups excluding carboxylic acids is 1. The zero-order chi connectivity index (χ0) is 17.9. The van der Waals surface area contributed by atoms with Crippen LogP contribution in [0, 0.1) is 3.57 Å². The Balaban J connectivity index is 1.61. The number of benzene rings is 1. The van der Waals surface area contributed by atoms with Gasteiger partial charge in [0.2, 0.25) is 0 Å². The molecule has 0 aromatic heterocycles. The van der Waals surface area contributed by atoms with Gasteiger partial charge in [-0.25, -0.2) is 0 Å². The van der Waals surface area contributed by atoms with Crippen LogP contribution in [0.1, 0.15) is 36.0 Å². The molecular weight excluding hydrogens is 453 g/mol. The average Bonchev–Trinajstić information content (AvgIpc) is 2.92. The number of carbonyl (C=O) groups is 1. The van der Waals surface area contributed by atoms with Gasteiger partial charge in [0.15, 0.2) is 0 Å². The van der Waals surface area contributed by atoms with E-state index in [-0.39, 0.29) is 5.91 Å². The minimum absolute atomic E-state index is 0.0248. The molecule has 0 saturated carbocycles. The summed E-state index contributed by atoms with van der Waals surface area (Å²) in [5, 5.41) is 0. The van der Waals surface area contributed by atoms with Crippen LogP contribution in [0.15, 0.2) is 24.3 Å². The Hall–Kier alpha value is -0.710. The fourth-order valence-corrected chi connectivity index (χ4v) is 5.36. The number of piperazine rings is 1. The lowest BCUT2D eigenvalue weighted by molar-refractivity contribution is 0.0694. The molecule has 2 fully saturated rings. The van der Waals surface area contributed by atoms with Gasteiger partial charge >= 0.3 is 0 Å². The number of rotatable bonds is 3. The zero-order valence-corrected chi connectivity index (χ0v) is 17.2. The molecule has 2 aliphatic heterocycles. The second-order valence-electron chi connectivity index (χ2n) is 6.52. The van der Waals surface area contributed by atoms with Crippen molar-refractivity contribution in [1.82, 2.24) is 13.5 Å². The van der Waals surface area contributed by atoms with Crippen LogP contribution in [0.25, 0.3) is 0 Å². The monoisotopic (exact) mass is 477 g/mol. The zero-order valence-electron chi connectivity index (χ0n) is 14.2. The minimum atomic E-state index is -3.40. The van der Waals surface area contributed by atoms with Crippen molar-refractivity contribution < 1.29 is 13.2 Å². The predicted octanol–water partition coefficient (Wildman–Crippen LogP) is 2.17. The third-order valence-electron chi connectivity index (χ3n) is 4.83. The van der Waals surface area contributed by atoms with Crippen molar-refractivity contribution in [3.8, 4) is 0 Å². The van der Waals surface area contributed by atoms with E-state index < -0.39 is 10.2 Å². The fourth-order valence-electron chi connectivity index (χ4n) is 3.33. The van der Waals surface area contributed by atoms with E-state index in [0.717, 1.165) is 29.3 Å². The highest BCUT2D eigenvalue weighted by Crippen LogP contribution is 2.19.